The summed E-state index contributed by atoms with van der Waals surface area (Å²) in [6.45, 7) is 16.1. The molecular weight excluding hydrogens is 490 g/mol. The van der Waals surface area contributed by atoms with Gasteiger partial charge in [0.25, 0.3) is 0 Å². The van der Waals surface area contributed by atoms with Crippen molar-refractivity contribution in [3.05, 3.63) is 47.5 Å². The number of aryl methyl sites for hydroxylation is 1. The molecule has 2 saturated heterocycles. The average Bonchev–Trinajstić information content (AvgIpc) is 3.29. The van der Waals surface area contributed by atoms with Crippen LogP contribution in [0.4, 0.5) is 0 Å². The molecule has 210 valence electrons. The number of hydrogen-bond donors (Lipinski definition) is 0. The van der Waals surface area contributed by atoms with Gasteiger partial charge in [-0.1, -0.05) is 37.6 Å². The molecule has 7 heteroatoms. The average molecular weight is 534 g/mol. The fraction of sp³-hybridized carbons (Fsp3) is 0.562. The Morgan fingerprint density at radius 3 is 1.92 bits per heavy atom. The molecule has 3 heterocycles. The normalized spacial score (nSPS) is 18.2. The van der Waals surface area contributed by atoms with Gasteiger partial charge in [-0.25, -0.2) is 0 Å². The zero-order chi connectivity index (χ0) is 27.8. The highest BCUT2D eigenvalue weighted by molar-refractivity contribution is 6.23. The minimum Gasteiger partial charge on any atom is -0.379 e. The van der Waals surface area contributed by atoms with Crippen molar-refractivity contribution in [1.82, 2.24) is 14.4 Å². The molecule has 0 atom stereocenters. The third kappa shape index (κ3) is 4.95. The summed E-state index contributed by atoms with van der Waals surface area (Å²) in [5, 5.41) is 2.15. The molecule has 0 amide bonds. The summed E-state index contributed by atoms with van der Waals surface area (Å²) in [6.07, 6.45) is 2.03. The fourth-order valence-corrected chi connectivity index (χ4v) is 6.28. The number of Topliss-reactive ketones (excluding diaryl/α,β-unsaturated/α-hetero) is 2. The Labute approximate surface area is 232 Å². The maximum absolute atomic E-state index is 14.8. The van der Waals surface area contributed by atoms with Crippen molar-refractivity contribution in [2.75, 3.05) is 52.6 Å². The molecule has 2 aliphatic rings. The zero-order valence-electron chi connectivity index (χ0n) is 24.2. The number of benzene rings is 2. The second kappa shape index (κ2) is 11.1. The van der Waals surface area contributed by atoms with Gasteiger partial charge < -0.3 is 14.0 Å². The minimum atomic E-state index is -0.789. The summed E-state index contributed by atoms with van der Waals surface area (Å²) in [5.74, 6) is -0.0172. The Balaban J connectivity index is 1.75. The van der Waals surface area contributed by atoms with E-state index in [1.807, 2.05) is 39.8 Å². The predicted octanol–water partition coefficient (Wildman–Crippen LogP) is 5.18. The van der Waals surface area contributed by atoms with Crippen molar-refractivity contribution in [2.24, 2.45) is 0 Å². The summed E-state index contributed by atoms with van der Waals surface area (Å²) >= 11 is 0. The number of hydrogen-bond acceptors (Lipinski definition) is 6. The lowest BCUT2D eigenvalue weighted by molar-refractivity contribution is -0.00545. The highest BCUT2D eigenvalue weighted by atomic mass is 16.5. The molecule has 0 N–H and O–H groups in total. The molecule has 2 aliphatic heterocycles. The van der Waals surface area contributed by atoms with E-state index in [4.69, 9.17) is 9.47 Å². The monoisotopic (exact) mass is 533 g/mol. The van der Waals surface area contributed by atoms with Crippen LogP contribution in [-0.2, 0) is 16.0 Å². The van der Waals surface area contributed by atoms with Crippen LogP contribution >= 0.6 is 0 Å². The van der Waals surface area contributed by atoms with E-state index in [9.17, 15) is 9.59 Å². The van der Waals surface area contributed by atoms with Gasteiger partial charge in [0.2, 0.25) is 0 Å². The van der Waals surface area contributed by atoms with Crippen molar-refractivity contribution in [2.45, 2.75) is 65.1 Å². The lowest BCUT2D eigenvalue weighted by Crippen LogP contribution is -2.56. The van der Waals surface area contributed by atoms with Crippen molar-refractivity contribution in [3.8, 4) is 0 Å². The fourth-order valence-electron chi connectivity index (χ4n) is 6.28. The summed E-state index contributed by atoms with van der Waals surface area (Å²) in [4.78, 5) is 33.7. The number of aromatic nitrogens is 1. The lowest BCUT2D eigenvalue weighted by atomic mass is 9.82. The summed E-state index contributed by atoms with van der Waals surface area (Å²) in [6, 6.07) is 12.3. The number of morpholine rings is 2. The Morgan fingerprint density at radius 2 is 1.33 bits per heavy atom. The van der Waals surface area contributed by atoms with Crippen LogP contribution < -0.4 is 0 Å². The summed E-state index contributed by atoms with van der Waals surface area (Å²) < 4.78 is 13.5. The molecule has 0 unspecified atom stereocenters. The molecule has 7 nitrogen and oxygen atoms in total. The standard InChI is InChI=1S/C32H43N3O4/c1-6-7-14-35-26-11-9-8-10-23(26)24-12-13-25(29(36)31(2,3)33-15-19-38-20-16-33)27(28(24)35)30(37)32(4,5)34-17-21-39-22-18-34/h8-13H,6-7,14-22H2,1-5H3. The van der Waals surface area contributed by atoms with Gasteiger partial charge in [-0.3, -0.25) is 19.4 Å². The molecule has 0 radical (unpaired) electrons. The first-order valence-electron chi connectivity index (χ1n) is 14.5. The molecule has 2 aromatic carbocycles. The second-order valence-electron chi connectivity index (χ2n) is 11.9. The molecule has 0 spiro atoms. The molecular formula is C32H43N3O4. The van der Waals surface area contributed by atoms with Crippen LogP contribution in [0.15, 0.2) is 36.4 Å². The maximum Gasteiger partial charge on any atom is 0.185 e. The first kappa shape index (κ1) is 28.0. The lowest BCUT2D eigenvalue weighted by Gasteiger charge is -2.41. The van der Waals surface area contributed by atoms with Gasteiger partial charge in [0.1, 0.15) is 0 Å². The van der Waals surface area contributed by atoms with Crippen molar-refractivity contribution < 1.29 is 19.1 Å². The van der Waals surface area contributed by atoms with E-state index in [1.54, 1.807) is 0 Å². The molecule has 3 aromatic rings. The van der Waals surface area contributed by atoms with Gasteiger partial charge in [0.05, 0.1) is 48.6 Å². The van der Waals surface area contributed by atoms with Crippen molar-refractivity contribution >= 4 is 33.4 Å². The first-order chi connectivity index (χ1) is 18.7. The molecule has 39 heavy (non-hydrogen) atoms. The van der Waals surface area contributed by atoms with Gasteiger partial charge in [-0.2, -0.15) is 0 Å². The van der Waals surface area contributed by atoms with Crippen LogP contribution in [0.2, 0.25) is 0 Å². The molecule has 2 fully saturated rings. The number of nitrogens with zero attached hydrogens (tertiary/aromatic N) is 3. The smallest absolute Gasteiger partial charge is 0.185 e. The minimum absolute atomic E-state index is 0.00307. The zero-order valence-corrected chi connectivity index (χ0v) is 24.2. The number of unbranched alkanes of at least 4 members (excludes halogenated alkanes) is 1. The third-order valence-corrected chi connectivity index (χ3v) is 8.85. The van der Waals surface area contributed by atoms with E-state index in [-0.39, 0.29) is 11.6 Å². The SMILES string of the molecule is CCCCn1c2ccccc2c2ccc(C(=O)C(C)(C)N3CCOCC3)c(C(=O)C(C)(C)N3CCOCC3)c21. The van der Waals surface area contributed by atoms with E-state index in [0.717, 1.165) is 41.2 Å². The Bertz CT molecular complexity index is 1360. The molecule has 0 saturated carbocycles. The number of rotatable bonds is 9. The van der Waals surface area contributed by atoms with Crippen LogP contribution in [0.25, 0.3) is 21.8 Å². The quantitative estimate of drug-likeness (QED) is 0.353. The molecule has 0 aliphatic carbocycles. The maximum atomic E-state index is 14.8. The molecule has 5 rings (SSSR count). The van der Waals surface area contributed by atoms with Crippen LogP contribution in [0.5, 0.6) is 0 Å². The summed E-state index contributed by atoms with van der Waals surface area (Å²) in [7, 11) is 0. The topological polar surface area (TPSA) is 64.0 Å². The number of carbonyl (C=O) groups is 2. The highest BCUT2D eigenvalue weighted by Gasteiger charge is 2.43. The Morgan fingerprint density at radius 1 is 0.769 bits per heavy atom. The Hall–Kier alpha value is -2.58. The van der Waals surface area contributed by atoms with Crippen LogP contribution in [0.3, 0.4) is 0 Å². The van der Waals surface area contributed by atoms with Crippen LogP contribution in [-0.4, -0.2) is 89.6 Å². The largest absolute Gasteiger partial charge is 0.379 e. The number of carbonyl (C=O) groups excluding carboxylic acids is 2. The second-order valence-corrected chi connectivity index (χ2v) is 11.9. The number of fused-ring (bicyclic) bond motifs is 3. The van der Waals surface area contributed by atoms with Crippen LogP contribution in [0, 0.1) is 0 Å². The Kier molecular flexibility index (Phi) is 7.98. The first-order valence-corrected chi connectivity index (χ1v) is 14.5. The number of para-hydroxylation sites is 1. The highest BCUT2D eigenvalue weighted by Crippen LogP contribution is 2.37. The van der Waals surface area contributed by atoms with E-state index < -0.39 is 11.1 Å². The van der Waals surface area contributed by atoms with Gasteiger partial charge in [-0.15, -0.1) is 0 Å². The molecule has 0 bridgehead atoms. The van der Waals surface area contributed by atoms with Crippen LogP contribution in [0.1, 0.15) is 68.2 Å². The van der Waals surface area contributed by atoms with Gasteiger partial charge in [-0.05, 0) is 46.2 Å². The molecule has 1 aromatic heterocycles. The van der Waals surface area contributed by atoms with E-state index in [1.165, 1.54) is 0 Å². The van der Waals surface area contributed by atoms with E-state index in [2.05, 4.69) is 45.6 Å². The third-order valence-electron chi connectivity index (χ3n) is 8.85. The summed E-state index contributed by atoms with van der Waals surface area (Å²) in [5.41, 5.74) is 1.52. The van der Waals surface area contributed by atoms with E-state index >= 15 is 0 Å². The number of ketones is 2. The van der Waals surface area contributed by atoms with Crippen molar-refractivity contribution in [3.63, 3.8) is 0 Å². The van der Waals surface area contributed by atoms with Crippen molar-refractivity contribution in [1.29, 1.82) is 0 Å². The van der Waals surface area contributed by atoms with Gasteiger partial charge in [0, 0.05) is 54.6 Å². The predicted molar refractivity (Wildman–Crippen MR) is 156 cm³/mol. The van der Waals surface area contributed by atoms with Gasteiger partial charge >= 0.3 is 0 Å². The van der Waals surface area contributed by atoms with Gasteiger partial charge in [0.15, 0.2) is 11.6 Å². The van der Waals surface area contributed by atoms with E-state index in [0.29, 0.717) is 63.7 Å². The number of ether oxygens (including phenoxy) is 2.